The van der Waals surface area contributed by atoms with Crippen LogP contribution in [0.4, 0.5) is 11.5 Å². The molecule has 0 amide bonds. The maximum Gasteiger partial charge on any atom is 0.146 e. The van der Waals surface area contributed by atoms with Crippen LogP contribution >= 0.6 is 11.8 Å². The van der Waals surface area contributed by atoms with Gasteiger partial charge in [-0.15, -0.1) is 0 Å². The zero-order valence-electron chi connectivity index (χ0n) is 7.44. The molecule has 13 heavy (non-hydrogen) atoms. The fraction of sp³-hybridized carbons (Fsp3) is 0.444. The predicted molar refractivity (Wildman–Crippen MR) is 58.2 cm³/mol. The van der Waals surface area contributed by atoms with Crippen LogP contribution in [0.2, 0.25) is 0 Å². The third-order valence-electron chi connectivity index (χ3n) is 2.17. The standard InChI is InChI=1S/C9H13N3S/c10-9-8(2-1-3-11-9)12-4-6-13-7-5-12/h1-3H,4-7H2,(H2,10,11). The van der Waals surface area contributed by atoms with E-state index in [9.17, 15) is 0 Å². The van der Waals surface area contributed by atoms with E-state index >= 15 is 0 Å². The normalized spacial score (nSPS) is 17.4. The summed E-state index contributed by atoms with van der Waals surface area (Å²) < 4.78 is 0. The summed E-state index contributed by atoms with van der Waals surface area (Å²) in [6.45, 7) is 2.17. The minimum atomic E-state index is 0.648. The van der Waals surface area contributed by atoms with Crippen molar-refractivity contribution in [2.45, 2.75) is 0 Å². The number of anilines is 2. The Labute approximate surface area is 82.3 Å². The fourth-order valence-corrected chi connectivity index (χ4v) is 2.38. The van der Waals surface area contributed by atoms with Crippen LogP contribution in [0.3, 0.4) is 0 Å². The molecule has 1 aliphatic heterocycles. The zero-order valence-corrected chi connectivity index (χ0v) is 8.26. The molecule has 0 bridgehead atoms. The lowest BCUT2D eigenvalue weighted by molar-refractivity contribution is 0.857. The van der Waals surface area contributed by atoms with E-state index in [4.69, 9.17) is 5.73 Å². The Kier molecular flexibility index (Phi) is 2.59. The first-order valence-corrected chi connectivity index (χ1v) is 5.56. The van der Waals surface area contributed by atoms with Gasteiger partial charge in [-0.25, -0.2) is 4.98 Å². The predicted octanol–water partition coefficient (Wildman–Crippen LogP) is 1.22. The highest BCUT2D eigenvalue weighted by Crippen LogP contribution is 2.23. The minimum absolute atomic E-state index is 0.648. The summed E-state index contributed by atoms with van der Waals surface area (Å²) in [4.78, 5) is 6.39. The number of rotatable bonds is 1. The average Bonchev–Trinajstić information content (AvgIpc) is 2.20. The number of nitrogens with zero attached hydrogens (tertiary/aromatic N) is 2. The van der Waals surface area contributed by atoms with Crippen LogP contribution in [0.25, 0.3) is 0 Å². The van der Waals surface area contributed by atoms with Gasteiger partial charge < -0.3 is 10.6 Å². The number of hydrogen-bond acceptors (Lipinski definition) is 4. The van der Waals surface area contributed by atoms with E-state index in [1.54, 1.807) is 6.20 Å². The van der Waals surface area contributed by atoms with Crippen molar-refractivity contribution in [2.24, 2.45) is 0 Å². The van der Waals surface area contributed by atoms with Gasteiger partial charge in [-0.1, -0.05) is 0 Å². The lowest BCUT2D eigenvalue weighted by Gasteiger charge is -2.28. The van der Waals surface area contributed by atoms with Crippen molar-refractivity contribution in [3.8, 4) is 0 Å². The topological polar surface area (TPSA) is 42.1 Å². The van der Waals surface area contributed by atoms with Crippen molar-refractivity contribution in [2.75, 3.05) is 35.2 Å². The van der Waals surface area contributed by atoms with Crippen LogP contribution in [-0.4, -0.2) is 29.6 Å². The van der Waals surface area contributed by atoms with Gasteiger partial charge in [0.2, 0.25) is 0 Å². The quantitative estimate of drug-likeness (QED) is 0.731. The Balaban J connectivity index is 2.18. The Hall–Kier alpha value is -0.900. The van der Waals surface area contributed by atoms with Crippen molar-refractivity contribution in [1.29, 1.82) is 0 Å². The molecular formula is C9H13N3S. The third-order valence-corrected chi connectivity index (χ3v) is 3.11. The molecule has 4 heteroatoms. The van der Waals surface area contributed by atoms with Crippen LogP contribution in [0.1, 0.15) is 0 Å². The summed E-state index contributed by atoms with van der Waals surface area (Å²) in [6.07, 6.45) is 1.73. The molecule has 1 saturated heterocycles. The average molecular weight is 195 g/mol. The smallest absolute Gasteiger partial charge is 0.146 e. The van der Waals surface area contributed by atoms with Crippen molar-refractivity contribution in [3.05, 3.63) is 18.3 Å². The number of nitrogen functional groups attached to an aromatic ring is 1. The maximum atomic E-state index is 5.79. The molecule has 3 nitrogen and oxygen atoms in total. The molecule has 2 rings (SSSR count). The van der Waals surface area contributed by atoms with Crippen LogP contribution in [-0.2, 0) is 0 Å². The van der Waals surface area contributed by atoms with Gasteiger partial charge in [0.05, 0.1) is 5.69 Å². The third kappa shape index (κ3) is 1.88. The Morgan fingerprint density at radius 2 is 2.15 bits per heavy atom. The first-order chi connectivity index (χ1) is 6.38. The number of pyridine rings is 1. The summed E-state index contributed by atoms with van der Waals surface area (Å²) in [5.41, 5.74) is 6.88. The summed E-state index contributed by atoms with van der Waals surface area (Å²) in [5, 5.41) is 0. The zero-order chi connectivity index (χ0) is 9.10. The highest BCUT2D eigenvalue weighted by molar-refractivity contribution is 7.99. The highest BCUT2D eigenvalue weighted by atomic mass is 32.2. The summed E-state index contributed by atoms with van der Waals surface area (Å²) in [5.74, 6) is 3.03. The largest absolute Gasteiger partial charge is 0.382 e. The number of hydrogen-bond donors (Lipinski definition) is 1. The number of aromatic nitrogens is 1. The second-order valence-corrected chi connectivity index (χ2v) is 4.23. The second kappa shape index (κ2) is 3.87. The SMILES string of the molecule is Nc1ncccc1N1CCSCC1. The van der Waals surface area contributed by atoms with E-state index in [2.05, 4.69) is 9.88 Å². The number of nitrogens with two attached hydrogens (primary N) is 1. The van der Waals surface area contributed by atoms with Crippen LogP contribution in [0.5, 0.6) is 0 Å². The van der Waals surface area contributed by atoms with E-state index < -0.39 is 0 Å². The van der Waals surface area contributed by atoms with Gasteiger partial charge in [-0.05, 0) is 12.1 Å². The minimum Gasteiger partial charge on any atom is -0.382 e. The van der Waals surface area contributed by atoms with E-state index in [1.165, 1.54) is 11.5 Å². The molecule has 0 aliphatic carbocycles. The van der Waals surface area contributed by atoms with Crippen molar-refractivity contribution in [3.63, 3.8) is 0 Å². The number of thioether (sulfide) groups is 1. The molecule has 2 N–H and O–H groups in total. The lowest BCUT2D eigenvalue weighted by atomic mass is 10.3. The molecule has 0 spiro atoms. The van der Waals surface area contributed by atoms with Crippen LogP contribution < -0.4 is 10.6 Å². The molecule has 0 radical (unpaired) electrons. The molecule has 0 atom stereocenters. The van der Waals surface area contributed by atoms with E-state index in [0.29, 0.717) is 5.82 Å². The molecular weight excluding hydrogens is 182 g/mol. The molecule has 0 unspecified atom stereocenters. The summed E-state index contributed by atoms with van der Waals surface area (Å²) in [6, 6.07) is 3.98. The summed E-state index contributed by atoms with van der Waals surface area (Å²) in [7, 11) is 0. The van der Waals surface area contributed by atoms with Gasteiger partial charge in [0, 0.05) is 30.8 Å². The van der Waals surface area contributed by atoms with Gasteiger partial charge in [-0.2, -0.15) is 11.8 Å². The molecule has 1 aromatic rings. The van der Waals surface area contributed by atoms with Gasteiger partial charge in [0.25, 0.3) is 0 Å². The maximum absolute atomic E-state index is 5.79. The van der Waals surface area contributed by atoms with Crippen molar-refractivity contribution in [1.82, 2.24) is 4.98 Å². The Morgan fingerprint density at radius 1 is 1.38 bits per heavy atom. The second-order valence-electron chi connectivity index (χ2n) is 3.01. The van der Waals surface area contributed by atoms with Gasteiger partial charge in [0.15, 0.2) is 0 Å². The van der Waals surface area contributed by atoms with Crippen molar-refractivity contribution < 1.29 is 0 Å². The Bertz CT molecular complexity index is 284. The van der Waals surface area contributed by atoms with Crippen LogP contribution in [0.15, 0.2) is 18.3 Å². The van der Waals surface area contributed by atoms with Crippen molar-refractivity contribution >= 4 is 23.3 Å². The van der Waals surface area contributed by atoms with E-state index in [-0.39, 0.29) is 0 Å². The van der Waals surface area contributed by atoms with E-state index in [0.717, 1.165) is 18.8 Å². The lowest BCUT2D eigenvalue weighted by Crippen LogP contribution is -2.33. The van der Waals surface area contributed by atoms with Crippen LogP contribution in [0, 0.1) is 0 Å². The van der Waals surface area contributed by atoms with Gasteiger partial charge in [-0.3, -0.25) is 0 Å². The van der Waals surface area contributed by atoms with Gasteiger partial charge >= 0.3 is 0 Å². The molecule has 70 valence electrons. The van der Waals surface area contributed by atoms with E-state index in [1.807, 2.05) is 23.9 Å². The molecule has 1 fully saturated rings. The Morgan fingerprint density at radius 3 is 2.85 bits per heavy atom. The first kappa shape index (κ1) is 8.69. The molecule has 0 aromatic carbocycles. The monoisotopic (exact) mass is 195 g/mol. The molecule has 2 heterocycles. The molecule has 1 aromatic heterocycles. The highest BCUT2D eigenvalue weighted by Gasteiger charge is 2.13. The summed E-state index contributed by atoms with van der Waals surface area (Å²) >= 11 is 2.00. The molecule has 1 aliphatic rings. The van der Waals surface area contributed by atoms with Gasteiger partial charge in [0.1, 0.15) is 5.82 Å². The first-order valence-electron chi connectivity index (χ1n) is 4.41. The molecule has 0 saturated carbocycles. The fourth-order valence-electron chi connectivity index (χ4n) is 1.48.